The van der Waals surface area contributed by atoms with E-state index in [1.807, 2.05) is 0 Å². The van der Waals surface area contributed by atoms with E-state index in [1.165, 1.54) is 0 Å². The van der Waals surface area contributed by atoms with E-state index in [0.717, 1.165) is 6.92 Å². The third-order valence-electron chi connectivity index (χ3n) is 0.468. The van der Waals surface area contributed by atoms with Gasteiger partial charge in [-0.1, -0.05) is 0 Å². The van der Waals surface area contributed by atoms with E-state index >= 15 is 0 Å². The Balaban J connectivity index is -0.000000405. The molecule has 0 unspecified atom stereocenters. The third kappa shape index (κ3) is 10.2. The Morgan fingerprint density at radius 2 is 1.58 bits per heavy atom. The first-order chi connectivity index (χ1) is 4.33. The van der Waals surface area contributed by atoms with E-state index in [-0.39, 0.29) is 37.7 Å². The van der Waals surface area contributed by atoms with Crippen LogP contribution >= 0.6 is 0 Å². The summed E-state index contributed by atoms with van der Waals surface area (Å²) in [5.41, 5.74) is 0. The molecule has 0 rings (SSSR count). The molecule has 0 bridgehead atoms. The fraction of sp³-hybridized carbons (Fsp3) is 0.333. The summed E-state index contributed by atoms with van der Waals surface area (Å²) in [5, 5.41) is 0. The molecule has 0 aromatic rings. The SMILES string of the molecule is CC(=O)C(=O)OS(=O)(=O)O.[LiH].[LiH]. The number of hydrogen-bond acceptors (Lipinski definition) is 5. The second-order valence-electron chi connectivity index (χ2n) is 1.35. The van der Waals surface area contributed by atoms with Crippen molar-refractivity contribution in [2.24, 2.45) is 0 Å². The zero-order chi connectivity index (χ0) is 8.36. The van der Waals surface area contributed by atoms with Gasteiger partial charge in [-0.3, -0.25) is 9.35 Å². The van der Waals surface area contributed by atoms with E-state index < -0.39 is 22.2 Å². The average Bonchev–Trinajstić information content (AvgIpc) is 1.60. The number of hydrogen-bond donors (Lipinski definition) is 1. The van der Waals surface area contributed by atoms with E-state index in [2.05, 4.69) is 4.18 Å². The van der Waals surface area contributed by atoms with Crippen LogP contribution in [0.2, 0.25) is 0 Å². The van der Waals surface area contributed by atoms with E-state index in [9.17, 15) is 18.0 Å². The maximum absolute atomic E-state index is 10.0. The van der Waals surface area contributed by atoms with Crippen LogP contribution in [0.25, 0.3) is 0 Å². The van der Waals surface area contributed by atoms with Gasteiger partial charge in [-0.05, 0) is 0 Å². The van der Waals surface area contributed by atoms with Crippen molar-refractivity contribution in [2.45, 2.75) is 6.92 Å². The van der Waals surface area contributed by atoms with Crippen LogP contribution in [0.15, 0.2) is 0 Å². The first-order valence-corrected chi connectivity index (χ1v) is 3.41. The molecule has 0 aliphatic carbocycles. The molecule has 0 radical (unpaired) electrons. The van der Waals surface area contributed by atoms with Gasteiger partial charge in [-0.25, -0.2) is 4.79 Å². The molecule has 0 aromatic carbocycles. The molecule has 0 aromatic heterocycles. The zero-order valence-corrected chi connectivity index (χ0v) is 5.71. The molecule has 0 amide bonds. The Bertz CT molecular complexity index is 256. The molecule has 0 fully saturated rings. The quantitative estimate of drug-likeness (QED) is 0.292. The standard InChI is InChI=1S/C3H4O6S.2Li.2H/c1-2(4)3(5)9-10(6,7)8;;;;/h1H3,(H,6,7,8);;;;. The second kappa shape index (κ2) is 6.73. The van der Waals surface area contributed by atoms with Gasteiger partial charge < -0.3 is 4.18 Å². The third-order valence-corrected chi connectivity index (χ3v) is 0.830. The topological polar surface area (TPSA) is 97.7 Å². The molecule has 0 heterocycles. The van der Waals surface area contributed by atoms with Crippen molar-refractivity contribution in [3.05, 3.63) is 0 Å². The molecule has 0 saturated heterocycles. The Morgan fingerprint density at radius 1 is 1.25 bits per heavy atom. The fourth-order valence-electron chi connectivity index (χ4n) is 0.154. The summed E-state index contributed by atoms with van der Waals surface area (Å²) in [6.07, 6.45) is 0. The first-order valence-electron chi connectivity index (χ1n) is 2.04. The second-order valence-corrected chi connectivity index (χ2v) is 2.38. The number of Topliss-reactive ketones (excluding diaryl/α,β-unsaturated/α-hetero) is 1. The molecule has 1 N–H and O–H groups in total. The van der Waals surface area contributed by atoms with Crippen molar-refractivity contribution in [1.82, 2.24) is 0 Å². The van der Waals surface area contributed by atoms with Crippen molar-refractivity contribution in [3.8, 4) is 0 Å². The Labute approximate surface area is 93.3 Å². The van der Waals surface area contributed by atoms with Crippen LogP contribution < -0.4 is 0 Å². The Hall–Kier alpha value is 0.245. The Kier molecular flexibility index (Phi) is 10.2. The number of ketones is 1. The first kappa shape index (κ1) is 18.1. The van der Waals surface area contributed by atoms with Gasteiger partial charge >= 0.3 is 54.1 Å². The van der Waals surface area contributed by atoms with Gasteiger partial charge in [0.1, 0.15) is 0 Å². The summed E-state index contributed by atoms with van der Waals surface area (Å²) < 4.78 is 30.5. The minimum atomic E-state index is -4.84. The molecular formula is C3H6Li2O6S. The number of carbonyl (C=O) groups is 2. The average molecular weight is 184 g/mol. The summed E-state index contributed by atoms with van der Waals surface area (Å²) in [6.45, 7) is 0.813. The maximum atomic E-state index is 10.0. The van der Waals surface area contributed by atoms with Gasteiger partial charge in [0.05, 0.1) is 0 Å². The molecule has 12 heavy (non-hydrogen) atoms. The molecule has 62 valence electrons. The predicted molar refractivity (Wildman–Crippen MR) is 42.6 cm³/mol. The molecule has 6 nitrogen and oxygen atoms in total. The minimum absolute atomic E-state index is 0. The van der Waals surface area contributed by atoms with Gasteiger partial charge in [0.25, 0.3) is 0 Å². The van der Waals surface area contributed by atoms with Crippen LogP contribution in [0.3, 0.4) is 0 Å². The summed E-state index contributed by atoms with van der Waals surface area (Å²) in [4.78, 5) is 20.0. The summed E-state index contributed by atoms with van der Waals surface area (Å²) in [5.74, 6) is -2.71. The molecule has 0 saturated carbocycles. The van der Waals surface area contributed by atoms with Gasteiger partial charge in [-0.2, -0.15) is 8.42 Å². The van der Waals surface area contributed by atoms with Crippen LogP contribution in [0.4, 0.5) is 0 Å². The van der Waals surface area contributed by atoms with E-state index in [4.69, 9.17) is 4.55 Å². The number of rotatable bonds is 2. The molecule has 0 aliphatic heterocycles. The molecule has 0 aliphatic rings. The van der Waals surface area contributed by atoms with Gasteiger partial charge in [0.15, 0.2) is 0 Å². The normalized spacial score (nSPS) is 8.83. The van der Waals surface area contributed by atoms with Gasteiger partial charge in [-0.15, -0.1) is 0 Å². The fourth-order valence-corrected chi connectivity index (χ4v) is 0.463. The van der Waals surface area contributed by atoms with Crippen molar-refractivity contribution in [3.63, 3.8) is 0 Å². The molecular weight excluding hydrogens is 178 g/mol. The Morgan fingerprint density at radius 3 is 1.67 bits per heavy atom. The van der Waals surface area contributed by atoms with Gasteiger partial charge in [0, 0.05) is 6.92 Å². The van der Waals surface area contributed by atoms with Crippen LogP contribution in [0.1, 0.15) is 6.92 Å². The molecule has 0 atom stereocenters. The van der Waals surface area contributed by atoms with Crippen molar-refractivity contribution >= 4 is 59.9 Å². The summed E-state index contributed by atoms with van der Waals surface area (Å²) in [6, 6.07) is 0. The molecule has 0 spiro atoms. The van der Waals surface area contributed by atoms with Crippen molar-refractivity contribution < 1.29 is 26.7 Å². The summed E-state index contributed by atoms with van der Waals surface area (Å²) in [7, 11) is -4.84. The predicted octanol–water partition coefficient (Wildman–Crippen LogP) is -2.38. The van der Waals surface area contributed by atoms with Crippen LogP contribution in [0, 0.1) is 0 Å². The van der Waals surface area contributed by atoms with E-state index in [0.29, 0.717) is 0 Å². The molecule has 9 heteroatoms. The van der Waals surface area contributed by atoms with Crippen LogP contribution in [-0.2, 0) is 24.2 Å². The monoisotopic (exact) mass is 184 g/mol. The van der Waals surface area contributed by atoms with Crippen molar-refractivity contribution in [1.29, 1.82) is 0 Å². The number of carbonyl (C=O) groups excluding carboxylic acids is 2. The van der Waals surface area contributed by atoms with E-state index in [1.54, 1.807) is 0 Å². The van der Waals surface area contributed by atoms with Crippen LogP contribution in [0.5, 0.6) is 0 Å². The van der Waals surface area contributed by atoms with Crippen molar-refractivity contribution in [2.75, 3.05) is 0 Å². The van der Waals surface area contributed by atoms with Crippen LogP contribution in [-0.4, -0.2) is 62.4 Å². The van der Waals surface area contributed by atoms with Gasteiger partial charge in [0.2, 0.25) is 5.78 Å². The summed E-state index contributed by atoms with van der Waals surface area (Å²) >= 11 is 0. The zero-order valence-electron chi connectivity index (χ0n) is 4.90.